The van der Waals surface area contributed by atoms with Crippen LogP contribution in [0.5, 0.6) is 0 Å². The van der Waals surface area contributed by atoms with Gasteiger partial charge in [0.15, 0.2) is 0 Å². The Balaban J connectivity index is 2.27. The third kappa shape index (κ3) is 2.66. The molecule has 0 spiro atoms. The van der Waals surface area contributed by atoms with Crippen molar-refractivity contribution in [3.8, 4) is 0 Å². The molecule has 1 aromatic rings. The lowest BCUT2D eigenvalue weighted by molar-refractivity contribution is 0.298. The van der Waals surface area contributed by atoms with Gasteiger partial charge in [-0.25, -0.2) is 4.98 Å². The van der Waals surface area contributed by atoms with E-state index in [9.17, 15) is 4.79 Å². The van der Waals surface area contributed by atoms with Gasteiger partial charge in [0.1, 0.15) is 0 Å². The first kappa shape index (κ1) is 12.1. The molecule has 0 atom stereocenters. The zero-order valence-corrected chi connectivity index (χ0v) is 10.2. The van der Waals surface area contributed by atoms with Gasteiger partial charge in [-0.3, -0.25) is 9.78 Å². The molecule has 0 bridgehead atoms. The van der Waals surface area contributed by atoms with Gasteiger partial charge in [-0.2, -0.15) is 0 Å². The smallest absolute Gasteiger partial charge is 0.255 e. The number of aliphatic hydroxyl groups excluding tert-OH is 1. The van der Waals surface area contributed by atoms with Crippen LogP contribution in [0.2, 0.25) is 0 Å². The second-order valence-corrected chi connectivity index (χ2v) is 4.47. The van der Waals surface area contributed by atoms with Crippen molar-refractivity contribution >= 4 is 5.95 Å². The minimum absolute atomic E-state index is 0.0192. The Kier molecular flexibility index (Phi) is 3.78. The molecule has 2 heterocycles. The molecule has 0 unspecified atom stereocenters. The van der Waals surface area contributed by atoms with E-state index in [0.29, 0.717) is 17.9 Å². The van der Waals surface area contributed by atoms with Gasteiger partial charge in [0.05, 0.1) is 5.69 Å². The fraction of sp³-hybridized carbons (Fsp3) is 0.667. The summed E-state index contributed by atoms with van der Waals surface area (Å²) in [5.41, 5.74) is 1.20. The molecule has 0 radical (unpaired) electrons. The van der Waals surface area contributed by atoms with E-state index in [-0.39, 0.29) is 12.2 Å². The molecule has 0 aromatic carbocycles. The Labute approximate surface area is 100 Å². The number of aromatic amines is 1. The number of anilines is 1. The van der Waals surface area contributed by atoms with E-state index in [1.807, 2.05) is 6.92 Å². The number of hydrogen-bond acceptors (Lipinski definition) is 4. The van der Waals surface area contributed by atoms with E-state index >= 15 is 0 Å². The van der Waals surface area contributed by atoms with Gasteiger partial charge in [-0.05, 0) is 26.2 Å². The highest BCUT2D eigenvalue weighted by Crippen LogP contribution is 2.15. The number of aromatic nitrogens is 2. The maximum absolute atomic E-state index is 11.9. The van der Waals surface area contributed by atoms with Crippen LogP contribution in [0.15, 0.2) is 4.79 Å². The largest absolute Gasteiger partial charge is 0.396 e. The summed E-state index contributed by atoms with van der Waals surface area (Å²) >= 11 is 0. The Hall–Kier alpha value is -1.36. The molecule has 0 saturated carbocycles. The summed E-state index contributed by atoms with van der Waals surface area (Å²) in [5, 5.41) is 8.90. The Morgan fingerprint density at radius 3 is 2.65 bits per heavy atom. The predicted molar refractivity (Wildman–Crippen MR) is 66.4 cm³/mol. The maximum Gasteiger partial charge on any atom is 0.255 e. The van der Waals surface area contributed by atoms with Crippen LogP contribution in [-0.4, -0.2) is 34.8 Å². The van der Waals surface area contributed by atoms with Crippen molar-refractivity contribution in [3.63, 3.8) is 0 Å². The SMILES string of the molecule is Cc1nc(N2CCCCC2)[nH]c(=O)c1CCO. The van der Waals surface area contributed by atoms with Crippen LogP contribution in [-0.2, 0) is 6.42 Å². The summed E-state index contributed by atoms with van der Waals surface area (Å²) in [5.74, 6) is 0.675. The molecule has 1 aromatic heterocycles. The summed E-state index contributed by atoms with van der Waals surface area (Å²) in [6.45, 7) is 3.73. The third-order valence-electron chi connectivity index (χ3n) is 3.23. The number of hydrogen-bond donors (Lipinski definition) is 2. The minimum Gasteiger partial charge on any atom is -0.396 e. The third-order valence-corrected chi connectivity index (χ3v) is 3.23. The van der Waals surface area contributed by atoms with Crippen molar-refractivity contribution in [3.05, 3.63) is 21.6 Å². The topological polar surface area (TPSA) is 69.2 Å². The fourth-order valence-corrected chi connectivity index (χ4v) is 2.26. The Morgan fingerprint density at radius 2 is 2.06 bits per heavy atom. The molecule has 0 aliphatic carbocycles. The summed E-state index contributed by atoms with van der Waals surface area (Å²) in [4.78, 5) is 21.2. The van der Waals surface area contributed by atoms with E-state index in [1.165, 1.54) is 6.42 Å². The number of H-pyrrole nitrogens is 1. The summed E-state index contributed by atoms with van der Waals surface area (Å²) < 4.78 is 0. The first-order chi connectivity index (χ1) is 8.22. The molecule has 1 fully saturated rings. The van der Waals surface area contributed by atoms with Crippen LogP contribution in [0.3, 0.4) is 0 Å². The van der Waals surface area contributed by atoms with Crippen LogP contribution in [0.25, 0.3) is 0 Å². The lowest BCUT2D eigenvalue weighted by Gasteiger charge is -2.27. The quantitative estimate of drug-likeness (QED) is 0.808. The molecular weight excluding hydrogens is 218 g/mol. The molecule has 17 heavy (non-hydrogen) atoms. The number of piperidine rings is 1. The number of aryl methyl sites for hydroxylation is 1. The predicted octanol–water partition coefficient (Wildman–Crippen LogP) is 0.603. The van der Waals surface area contributed by atoms with Crippen LogP contribution >= 0.6 is 0 Å². The van der Waals surface area contributed by atoms with E-state index in [0.717, 1.165) is 31.6 Å². The van der Waals surface area contributed by atoms with Crippen LogP contribution in [0.4, 0.5) is 5.95 Å². The fourth-order valence-electron chi connectivity index (χ4n) is 2.26. The standard InChI is InChI=1S/C12H19N3O2/c1-9-10(5-8-16)11(17)14-12(13-9)15-6-3-2-4-7-15/h16H,2-8H2,1H3,(H,13,14,17). The Bertz CT molecular complexity index is 436. The zero-order valence-electron chi connectivity index (χ0n) is 10.2. The number of nitrogens with one attached hydrogen (secondary N) is 1. The molecule has 0 amide bonds. The van der Waals surface area contributed by atoms with Crippen molar-refractivity contribution in [2.24, 2.45) is 0 Å². The van der Waals surface area contributed by atoms with E-state index < -0.39 is 0 Å². The molecule has 2 N–H and O–H groups in total. The normalized spacial score (nSPS) is 16.2. The van der Waals surface area contributed by atoms with Crippen molar-refractivity contribution in [2.45, 2.75) is 32.6 Å². The number of aliphatic hydroxyl groups is 1. The van der Waals surface area contributed by atoms with Crippen molar-refractivity contribution in [1.82, 2.24) is 9.97 Å². The molecule has 1 aliphatic rings. The Morgan fingerprint density at radius 1 is 1.35 bits per heavy atom. The van der Waals surface area contributed by atoms with Gasteiger partial charge in [-0.15, -0.1) is 0 Å². The minimum atomic E-state index is -0.118. The highest BCUT2D eigenvalue weighted by Gasteiger charge is 2.15. The summed E-state index contributed by atoms with van der Waals surface area (Å²) in [7, 11) is 0. The summed E-state index contributed by atoms with van der Waals surface area (Å²) in [6, 6.07) is 0. The van der Waals surface area contributed by atoms with Gasteiger partial charge in [-0.1, -0.05) is 0 Å². The van der Waals surface area contributed by atoms with Gasteiger partial charge in [0.25, 0.3) is 5.56 Å². The molecule has 5 heteroatoms. The van der Waals surface area contributed by atoms with Crippen molar-refractivity contribution in [1.29, 1.82) is 0 Å². The van der Waals surface area contributed by atoms with Gasteiger partial charge in [0.2, 0.25) is 5.95 Å². The highest BCUT2D eigenvalue weighted by atomic mass is 16.3. The maximum atomic E-state index is 11.9. The van der Waals surface area contributed by atoms with Crippen LogP contribution < -0.4 is 10.5 Å². The van der Waals surface area contributed by atoms with E-state index in [4.69, 9.17) is 5.11 Å². The van der Waals surface area contributed by atoms with E-state index in [1.54, 1.807) is 0 Å². The lowest BCUT2D eigenvalue weighted by atomic mass is 10.1. The average Bonchev–Trinajstić information content (AvgIpc) is 2.35. The second-order valence-electron chi connectivity index (χ2n) is 4.47. The van der Waals surface area contributed by atoms with Gasteiger partial charge in [0, 0.05) is 31.7 Å². The number of nitrogens with zero attached hydrogens (tertiary/aromatic N) is 2. The molecule has 94 valence electrons. The van der Waals surface area contributed by atoms with Crippen LogP contribution in [0.1, 0.15) is 30.5 Å². The lowest BCUT2D eigenvalue weighted by Crippen LogP contribution is -2.33. The summed E-state index contributed by atoms with van der Waals surface area (Å²) in [6.07, 6.45) is 3.93. The first-order valence-corrected chi connectivity index (χ1v) is 6.18. The first-order valence-electron chi connectivity index (χ1n) is 6.18. The molecule has 5 nitrogen and oxygen atoms in total. The molecule has 2 rings (SSSR count). The highest BCUT2D eigenvalue weighted by molar-refractivity contribution is 5.33. The second kappa shape index (κ2) is 5.31. The van der Waals surface area contributed by atoms with E-state index in [2.05, 4.69) is 14.9 Å². The van der Waals surface area contributed by atoms with Crippen molar-refractivity contribution < 1.29 is 5.11 Å². The van der Waals surface area contributed by atoms with Gasteiger partial charge >= 0.3 is 0 Å². The zero-order chi connectivity index (χ0) is 12.3. The monoisotopic (exact) mass is 237 g/mol. The molecule has 1 saturated heterocycles. The van der Waals surface area contributed by atoms with Gasteiger partial charge < -0.3 is 10.0 Å². The molecule has 1 aliphatic heterocycles. The van der Waals surface area contributed by atoms with Crippen molar-refractivity contribution in [2.75, 3.05) is 24.6 Å². The van der Waals surface area contributed by atoms with Crippen LogP contribution in [0, 0.1) is 6.92 Å². The average molecular weight is 237 g/mol. The molecular formula is C12H19N3O2. The number of rotatable bonds is 3.